The van der Waals surface area contributed by atoms with Gasteiger partial charge in [-0.25, -0.2) is 8.78 Å². The van der Waals surface area contributed by atoms with Gasteiger partial charge >= 0.3 is 6.11 Å². The van der Waals surface area contributed by atoms with Gasteiger partial charge in [-0.15, -0.1) is 0 Å². The van der Waals surface area contributed by atoms with E-state index in [9.17, 15) is 13.2 Å². The third-order valence-electron chi connectivity index (χ3n) is 8.66. The molecule has 37 heavy (non-hydrogen) atoms. The second-order valence-electron chi connectivity index (χ2n) is 11.2. The van der Waals surface area contributed by atoms with Crippen LogP contribution in [0.25, 0.3) is 0 Å². The van der Waals surface area contributed by atoms with E-state index in [0.29, 0.717) is 49.0 Å². The smallest absolute Gasteiger partial charge is 0.400 e. The van der Waals surface area contributed by atoms with E-state index in [-0.39, 0.29) is 30.3 Å². The van der Waals surface area contributed by atoms with Crippen molar-refractivity contribution in [2.45, 2.75) is 76.6 Å². The van der Waals surface area contributed by atoms with Gasteiger partial charge in [0.1, 0.15) is 17.4 Å². The summed E-state index contributed by atoms with van der Waals surface area (Å²) in [6, 6.07) is 9.64. The molecule has 3 fully saturated rings. The summed E-state index contributed by atoms with van der Waals surface area (Å²) in [5, 5.41) is 0. The van der Waals surface area contributed by atoms with E-state index in [1.54, 1.807) is 6.07 Å². The Morgan fingerprint density at radius 3 is 2.05 bits per heavy atom. The zero-order valence-electron chi connectivity index (χ0n) is 21.3. The van der Waals surface area contributed by atoms with Crippen molar-refractivity contribution in [3.63, 3.8) is 0 Å². The van der Waals surface area contributed by atoms with Gasteiger partial charge in [0.25, 0.3) is 0 Å². The van der Waals surface area contributed by atoms with Crippen LogP contribution in [0.3, 0.4) is 0 Å². The molecule has 0 aromatic heterocycles. The molecule has 2 aliphatic carbocycles. The summed E-state index contributed by atoms with van der Waals surface area (Å²) in [6.45, 7) is 3.57. The van der Waals surface area contributed by atoms with E-state index in [1.807, 2.05) is 6.07 Å². The van der Waals surface area contributed by atoms with E-state index >= 15 is 4.39 Å². The average molecular weight is 521 g/mol. The molecule has 0 radical (unpaired) electrons. The predicted octanol–water partition coefficient (Wildman–Crippen LogP) is 8.40. The molecule has 0 amide bonds. The van der Waals surface area contributed by atoms with Gasteiger partial charge in [0.05, 0.1) is 19.1 Å². The fourth-order valence-corrected chi connectivity index (χ4v) is 6.24. The highest BCUT2D eigenvalue weighted by molar-refractivity contribution is 5.29. The Bertz CT molecular complexity index is 1020. The summed E-state index contributed by atoms with van der Waals surface area (Å²) in [5.41, 5.74) is 1.21. The Morgan fingerprint density at radius 1 is 0.784 bits per heavy atom. The van der Waals surface area contributed by atoms with E-state index in [2.05, 4.69) is 6.92 Å². The maximum absolute atomic E-state index is 15.1. The lowest BCUT2D eigenvalue weighted by atomic mass is 9.76. The highest BCUT2D eigenvalue weighted by Crippen LogP contribution is 2.44. The Balaban J connectivity index is 1.13. The second-order valence-corrected chi connectivity index (χ2v) is 11.2. The third kappa shape index (κ3) is 6.31. The maximum atomic E-state index is 15.1. The molecule has 0 atom stereocenters. The Hall–Kier alpha value is -2.12. The van der Waals surface area contributed by atoms with E-state index < -0.39 is 24.1 Å². The summed E-state index contributed by atoms with van der Waals surface area (Å²) in [5.74, 6) is -0.180. The van der Waals surface area contributed by atoms with Crippen molar-refractivity contribution in [2.75, 3.05) is 13.2 Å². The van der Waals surface area contributed by atoms with Gasteiger partial charge in [-0.05, 0) is 92.2 Å². The standard InChI is InChI=1S/C30H36F4O3/c1-19-2-4-20(5-3-19)23-17-35-29(36-18-23)22-8-15-27(28(32)16-22)21-6-9-24(10-7-21)30(33,34)37-26-13-11-25(31)12-14-26/h8,11-16,19-21,23-24,29H,2-7,9-10,17-18H2,1H3. The molecule has 5 rings (SSSR count). The van der Waals surface area contributed by atoms with Crippen LogP contribution in [0.5, 0.6) is 5.75 Å². The van der Waals surface area contributed by atoms with E-state index in [0.717, 1.165) is 18.1 Å². The fourth-order valence-electron chi connectivity index (χ4n) is 6.24. The van der Waals surface area contributed by atoms with E-state index in [1.165, 1.54) is 43.9 Å². The van der Waals surface area contributed by atoms with Crippen molar-refractivity contribution < 1.29 is 31.8 Å². The van der Waals surface area contributed by atoms with Crippen molar-refractivity contribution in [3.8, 4) is 5.75 Å². The molecule has 0 N–H and O–H groups in total. The van der Waals surface area contributed by atoms with Crippen LogP contribution >= 0.6 is 0 Å². The summed E-state index contributed by atoms with van der Waals surface area (Å²) in [4.78, 5) is 0. The van der Waals surface area contributed by atoms with Crippen LogP contribution < -0.4 is 4.74 Å². The highest BCUT2D eigenvalue weighted by atomic mass is 19.3. The predicted molar refractivity (Wildman–Crippen MR) is 132 cm³/mol. The highest BCUT2D eigenvalue weighted by Gasteiger charge is 2.44. The van der Waals surface area contributed by atoms with Crippen LogP contribution in [-0.4, -0.2) is 19.3 Å². The van der Waals surface area contributed by atoms with Gasteiger partial charge in [-0.2, -0.15) is 8.78 Å². The lowest BCUT2D eigenvalue weighted by Gasteiger charge is -2.37. The number of hydrogen-bond acceptors (Lipinski definition) is 3. The molecule has 2 aromatic carbocycles. The van der Waals surface area contributed by atoms with Crippen molar-refractivity contribution in [3.05, 3.63) is 65.2 Å². The van der Waals surface area contributed by atoms with Gasteiger partial charge in [-0.1, -0.05) is 31.9 Å². The number of alkyl halides is 2. The molecule has 0 bridgehead atoms. The zero-order chi connectivity index (χ0) is 26.0. The van der Waals surface area contributed by atoms with Gasteiger partial charge < -0.3 is 14.2 Å². The lowest BCUT2D eigenvalue weighted by Crippen LogP contribution is -2.37. The molecule has 7 heteroatoms. The molecule has 1 saturated heterocycles. The molecule has 0 spiro atoms. The lowest BCUT2D eigenvalue weighted by molar-refractivity contribution is -0.222. The summed E-state index contributed by atoms with van der Waals surface area (Å²) < 4.78 is 74.5. The van der Waals surface area contributed by atoms with Crippen molar-refractivity contribution >= 4 is 0 Å². The normalized spacial score (nSPS) is 31.2. The molecule has 202 valence electrons. The quantitative estimate of drug-likeness (QED) is 0.358. The molecule has 0 unspecified atom stereocenters. The monoisotopic (exact) mass is 520 g/mol. The number of hydrogen-bond donors (Lipinski definition) is 0. The molecule has 1 heterocycles. The maximum Gasteiger partial charge on any atom is 0.400 e. The number of ether oxygens (including phenoxy) is 3. The van der Waals surface area contributed by atoms with E-state index in [4.69, 9.17) is 14.2 Å². The molecular weight excluding hydrogens is 484 g/mol. The van der Waals surface area contributed by atoms with Crippen LogP contribution in [0.4, 0.5) is 17.6 Å². The average Bonchev–Trinajstić information content (AvgIpc) is 2.90. The summed E-state index contributed by atoms with van der Waals surface area (Å²) in [6.07, 6.45) is 2.36. The Labute approximate surface area is 216 Å². The molecule has 1 aliphatic heterocycles. The van der Waals surface area contributed by atoms with Gasteiger partial charge in [0.2, 0.25) is 0 Å². The Kier molecular flexibility index (Phi) is 8.10. The number of rotatable bonds is 6. The van der Waals surface area contributed by atoms with Crippen LogP contribution in [0.2, 0.25) is 0 Å². The van der Waals surface area contributed by atoms with Gasteiger partial charge in [-0.3, -0.25) is 0 Å². The molecule has 2 saturated carbocycles. The molecule has 2 aromatic rings. The first kappa shape index (κ1) is 26.5. The SMILES string of the molecule is CC1CCC(C2COC(c3ccc(C4CCC(C(F)(F)Oc5ccc(F)cc5)CC4)c(F)c3)OC2)CC1. The van der Waals surface area contributed by atoms with Crippen molar-refractivity contribution in [1.82, 2.24) is 0 Å². The molecule has 3 nitrogen and oxygen atoms in total. The molecular formula is C30H36F4O3. The zero-order valence-corrected chi connectivity index (χ0v) is 21.3. The number of halogens is 4. The Morgan fingerprint density at radius 2 is 1.43 bits per heavy atom. The minimum absolute atomic E-state index is 0.0676. The molecule has 3 aliphatic rings. The summed E-state index contributed by atoms with van der Waals surface area (Å²) in [7, 11) is 0. The first-order valence-electron chi connectivity index (χ1n) is 13.6. The number of benzene rings is 2. The minimum Gasteiger partial charge on any atom is -0.432 e. The van der Waals surface area contributed by atoms with Crippen molar-refractivity contribution in [1.29, 1.82) is 0 Å². The topological polar surface area (TPSA) is 27.7 Å². The van der Waals surface area contributed by atoms with Crippen LogP contribution in [0.15, 0.2) is 42.5 Å². The summed E-state index contributed by atoms with van der Waals surface area (Å²) >= 11 is 0. The first-order chi connectivity index (χ1) is 17.8. The second kappa shape index (κ2) is 11.3. The first-order valence-corrected chi connectivity index (χ1v) is 13.6. The largest absolute Gasteiger partial charge is 0.432 e. The van der Waals surface area contributed by atoms with Gasteiger partial charge in [0, 0.05) is 11.5 Å². The minimum atomic E-state index is -3.37. The van der Waals surface area contributed by atoms with Crippen molar-refractivity contribution in [2.24, 2.45) is 23.7 Å². The van der Waals surface area contributed by atoms with Crippen LogP contribution in [0.1, 0.15) is 81.6 Å². The van der Waals surface area contributed by atoms with Crippen LogP contribution in [-0.2, 0) is 9.47 Å². The fraction of sp³-hybridized carbons (Fsp3) is 0.600. The van der Waals surface area contributed by atoms with Crippen LogP contribution in [0, 0.1) is 35.3 Å². The third-order valence-corrected chi connectivity index (χ3v) is 8.66. The van der Waals surface area contributed by atoms with Gasteiger partial charge in [0.15, 0.2) is 6.29 Å².